The zero-order chi connectivity index (χ0) is 19.6. The van der Waals surface area contributed by atoms with E-state index in [2.05, 4.69) is 34.7 Å². The van der Waals surface area contributed by atoms with Crippen LogP contribution in [0.15, 0.2) is 110 Å². The Morgan fingerprint density at radius 1 is 0.786 bits per heavy atom. The number of pyridine rings is 2. The van der Waals surface area contributed by atoms with Crippen molar-refractivity contribution in [2.45, 2.75) is 6.42 Å². The van der Waals surface area contributed by atoms with Crippen LogP contribution in [0.25, 0.3) is 22.3 Å². The van der Waals surface area contributed by atoms with Crippen LogP contribution in [0, 0.1) is 0 Å². The molecule has 0 bridgehead atoms. The van der Waals surface area contributed by atoms with Crippen molar-refractivity contribution >= 4 is 0 Å². The van der Waals surface area contributed by atoms with Gasteiger partial charge in [0.25, 0.3) is 0 Å². The highest BCUT2D eigenvalue weighted by Gasteiger charge is 2.01. The van der Waals surface area contributed by atoms with Crippen molar-refractivity contribution in [1.82, 2.24) is 9.97 Å². The van der Waals surface area contributed by atoms with Crippen molar-refractivity contribution in [1.29, 1.82) is 0 Å². The van der Waals surface area contributed by atoms with E-state index >= 15 is 0 Å². The first-order valence-electron chi connectivity index (χ1n) is 9.07. The van der Waals surface area contributed by atoms with E-state index in [-0.39, 0.29) is 5.75 Å². The molecule has 0 amide bonds. The van der Waals surface area contributed by atoms with E-state index in [0.717, 1.165) is 23.2 Å². The Bertz CT molecular complexity index is 1010. The van der Waals surface area contributed by atoms with Crippen molar-refractivity contribution in [2.75, 3.05) is 0 Å². The minimum Gasteiger partial charge on any atom is -0.506 e. The maximum Gasteiger partial charge on any atom is 0.141 e. The molecule has 3 heteroatoms. The lowest BCUT2D eigenvalue weighted by molar-refractivity contribution is 0.475. The summed E-state index contributed by atoms with van der Waals surface area (Å²) >= 11 is 0. The van der Waals surface area contributed by atoms with E-state index in [1.165, 1.54) is 17.3 Å². The summed E-state index contributed by atoms with van der Waals surface area (Å²) in [5.41, 5.74) is 5.32. The minimum absolute atomic E-state index is 0.216. The largest absolute Gasteiger partial charge is 0.506 e. The zero-order valence-electron chi connectivity index (χ0n) is 15.6. The third kappa shape index (κ3) is 5.15. The van der Waals surface area contributed by atoms with Gasteiger partial charge >= 0.3 is 0 Å². The van der Waals surface area contributed by atoms with Gasteiger partial charge in [-0.1, -0.05) is 66.7 Å². The molecule has 0 aliphatic rings. The van der Waals surface area contributed by atoms with E-state index in [1.54, 1.807) is 12.3 Å². The molecule has 138 valence electrons. The molecule has 2 aromatic carbocycles. The molecule has 3 nitrogen and oxygen atoms in total. The van der Waals surface area contributed by atoms with Crippen LogP contribution in [0.3, 0.4) is 0 Å². The predicted octanol–water partition coefficient (Wildman–Crippen LogP) is 5.93. The number of nitrogens with zero attached hydrogens (tertiary/aromatic N) is 2. The van der Waals surface area contributed by atoms with Crippen LogP contribution in [0.5, 0.6) is 5.75 Å². The summed E-state index contributed by atoms with van der Waals surface area (Å²) in [5.74, 6) is 0.216. The van der Waals surface area contributed by atoms with Crippen LogP contribution in [-0.4, -0.2) is 15.1 Å². The maximum atomic E-state index is 9.50. The van der Waals surface area contributed by atoms with E-state index in [9.17, 15) is 5.11 Å². The molecule has 1 N–H and O–H groups in total. The fourth-order valence-electron chi connectivity index (χ4n) is 2.80. The van der Waals surface area contributed by atoms with E-state index in [1.807, 2.05) is 66.9 Å². The third-order valence-electron chi connectivity index (χ3n) is 4.16. The summed E-state index contributed by atoms with van der Waals surface area (Å²) in [5, 5.41) is 9.50. The smallest absolute Gasteiger partial charge is 0.141 e. The van der Waals surface area contributed by atoms with Crippen LogP contribution in [0.4, 0.5) is 0 Å². The van der Waals surface area contributed by atoms with Gasteiger partial charge in [-0.05, 0) is 34.9 Å². The lowest BCUT2D eigenvalue weighted by Gasteiger charge is -2.02. The number of rotatable bonds is 4. The summed E-state index contributed by atoms with van der Waals surface area (Å²) in [6, 6.07) is 26.0. The van der Waals surface area contributed by atoms with Gasteiger partial charge in [-0.15, -0.1) is 6.58 Å². The number of aromatic hydroxyl groups is 1. The summed E-state index contributed by atoms with van der Waals surface area (Å²) in [6.45, 7) is 3.72. The van der Waals surface area contributed by atoms with Crippen molar-refractivity contribution in [2.24, 2.45) is 0 Å². The number of allylic oxidation sites excluding steroid dienone is 1. The Morgan fingerprint density at radius 2 is 1.46 bits per heavy atom. The standard InChI is InChI=1S/C14H13N.C11H9NO/c1-2-6-14-11-13(9-10-15-14)12-7-4-3-5-8-12;13-11-8-12-7-6-10(11)9-4-2-1-3-5-9/h2-5,7-11H,1,6H2;1-8,13H. The first-order valence-corrected chi connectivity index (χ1v) is 9.07. The predicted molar refractivity (Wildman–Crippen MR) is 115 cm³/mol. The Balaban J connectivity index is 0.000000162. The van der Waals surface area contributed by atoms with Gasteiger partial charge in [0.15, 0.2) is 0 Å². The molecule has 4 rings (SSSR count). The molecule has 0 spiro atoms. The van der Waals surface area contributed by atoms with Crippen LogP contribution >= 0.6 is 0 Å². The Labute approximate surface area is 165 Å². The van der Waals surface area contributed by atoms with Gasteiger partial charge in [-0.3, -0.25) is 9.97 Å². The quantitative estimate of drug-likeness (QED) is 0.455. The number of hydrogen-bond donors (Lipinski definition) is 1. The van der Waals surface area contributed by atoms with E-state index < -0.39 is 0 Å². The minimum atomic E-state index is 0.216. The van der Waals surface area contributed by atoms with E-state index in [0.29, 0.717) is 0 Å². The third-order valence-corrected chi connectivity index (χ3v) is 4.16. The van der Waals surface area contributed by atoms with Crippen molar-refractivity contribution in [3.63, 3.8) is 0 Å². The van der Waals surface area contributed by atoms with Gasteiger partial charge in [0.2, 0.25) is 0 Å². The Hall–Kier alpha value is -3.72. The summed E-state index contributed by atoms with van der Waals surface area (Å²) in [7, 11) is 0. The Morgan fingerprint density at radius 3 is 2.11 bits per heavy atom. The second-order valence-corrected chi connectivity index (χ2v) is 6.15. The fraction of sp³-hybridized carbons (Fsp3) is 0.0400. The summed E-state index contributed by atoms with van der Waals surface area (Å²) in [4.78, 5) is 8.10. The van der Waals surface area contributed by atoms with Gasteiger partial charge in [0.05, 0.1) is 6.20 Å². The molecule has 28 heavy (non-hydrogen) atoms. The van der Waals surface area contributed by atoms with Crippen LogP contribution < -0.4 is 0 Å². The molecule has 0 radical (unpaired) electrons. The normalized spacial score (nSPS) is 9.86. The van der Waals surface area contributed by atoms with Crippen molar-refractivity contribution in [3.05, 3.63) is 116 Å². The first kappa shape index (κ1) is 19.1. The lowest BCUT2D eigenvalue weighted by Crippen LogP contribution is -1.87. The van der Waals surface area contributed by atoms with Crippen molar-refractivity contribution in [3.8, 4) is 28.0 Å². The molecule has 0 unspecified atom stereocenters. The monoisotopic (exact) mass is 366 g/mol. The molecule has 0 saturated carbocycles. The zero-order valence-corrected chi connectivity index (χ0v) is 15.6. The molecule has 0 aliphatic carbocycles. The van der Waals surface area contributed by atoms with Gasteiger partial charge < -0.3 is 5.11 Å². The highest BCUT2D eigenvalue weighted by molar-refractivity contribution is 5.68. The van der Waals surface area contributed by atoms with Gasteiger partial charge in [-0.25, -0.2) is 0 Å². The number of hydrogen-bond acceptors (Lipinski definition) is 3. The Kier molecular flexibility index (Phi) is 6.69. The summed E-state index contributed by atoms with van der Waals surface area (Å²) < 4.78 is 0. The van der Waals surface area contributed by atoms with Crippen LogP contribution in [0.2, 0.25) is 0 Å². The molecule has 0 aliphatic heterocycles. The molecular formula is C25H22N2O. The number of benzene rings is 2. The highest BCUT2D eigenvalue weighted by atomic mass is 16.3. The highest BCUT2D eigenvalue weighted by Crippen LogP contribution is 2.26. The van der Waals surface area contributed by atoms with Gasteiger partial charge in [0, 0.05) is 30.1 Å². The van der Waals surface area contributed by atoms with Crippen molar-refractivity contribution < 1.29 is 5.11 Å². The van der Waals surface area contributed by atoms with Gasteiger partial charge in [-0.2, -0.15) is 0 Å². The van der Waals surface area contributed by atoms with Crippen LogP contribution in [-0.2, 0) is 6.42 Å². The molecule has 0 fully saturated rings. The summed E-state index contributed by atoms with van der Waals surface area (Å²) in [6.07, 6.45) is 7.66. The SMILES string of the molecule is C=CCc1cc(-c2ccccc2)ccn1.Oc1cnccc1-c1ccccc1. The maximum absolute atomic E-state index is 9.50. The molecule has 0 atom stereocenters. The first-order chi connectivity index (χ1) is 13.8. The fourth-order valence-corrected chi connectivity index (χ4v) is 2.80. The molecular weight excluding hydrogens is 344 g/mol. The second kappa shape index (κ2) is 9.83. The molecule has 2 aromatic heterocycles. The topological polar surface area (TPSA) is 46.0 Å². The van der Waals surface area contributed by atoms with Crippen LogP contribution in [0.1, 0.15) is 5.69 Å². The van der Waals surface area contributed by atoms with E-state index in [4.69, 9.17) is 0 Å². The average molecular weight is 366 g/mol. The van der Waals surface area contributed by atoms with Gasteiger partial charge in [0.1, 0.15) is 5.75 Å². The number of aromatic nitrogens is 2. The molecule has 2 heterocycles. The lowest BCUT2D eigenvalue weighted by atomic mass is 10.1. The average Bonchev–Trinajstić information content (AvgIpc) is 2.76. The second-order valence-electron chi connectivity index (χ2n) is 6.15. The molecule has 0 saturated heterocycles. The molecule has 4 aromatic rings.